The average Bonchev–Trinajstić information content (AvgIpc) is 2.58. The molecule has 1 heterocycles. The van der Waals surface area contributed by atoms with Crippen molar-refractivity contribution < 1.29 is 27.2 Å². The van der Waals surface area contributed by atoms with Crippen LogP contribution in [0.25, 0.3) is 0 Å². The fourth-order valence-corrected chi connectivity index (χ4v) is 3.23. The molecule has 0 N–H and O–H groups in total. The van der Waals surface area contributed by atoms with E-state index in [4.69, 9.17) is 14.0 Å². The van der Waals surface area contributed by atoms with Crippen LogP contribution in [0, 0.1) is 0 Å². The van der Waals surface area contributed by atoms with Crippen molar-refractivity contribution >= 4 is 12.6 Å². The lowest BCUT2D eigenvalue weighted by Crippen LogP contribution is -2.52. The largest absolute Gasteiger partial charge is 0.498 e. The summed E-state index contributed by atoms with van der Waals surface area (Å²) >= 11 is 0. The molecular weight excluding hydrogens is 356 g/mol. The summed E-state index contributed by atoms with van der Waals surface area (Å²) in [7, 11) is -0.920. The Morgan fingerprint density at radius 1 is 1.15 bits per heavy atom. The van der Waals surface area contributed by atoms with Gasteiger partial charge in [-0.25, -0.2) is 0 Å². The third-order valence-corrected chi connectivity index (χ3v) is 4.39. The molecule has 1 aliphatic rings. The molecule has 3 nitrogen and oxygen atoms in total. The highest BCUT2D eigenvalue weighted by Crippen LogP contribution is 2.32. The number of benzene rings is 2. The maximum absolute atomic E-state index is 13.2. The highest BCUT2D eigenvalue weighted by Gasteiger charge is 2.41. The molecule has 1 aliphatic heterocycles. The third-order valence-electron chi connectivity index (χ3n) is 4.39. The molecule has 0 spiro atoms. The van der Waals surface area contributed by atoms with E-state index in [0.717, 1.165) is 17.7 Å². The molecular formula is C20H22BF3O3. The van der Waals surface area contributed by atoms with E-state index in [1.165, 1.54) is 6.07 Å². The fraction of sp³-hybridized carbons (Fsp3) is 0.400. The van der Waals surface area contributed by atoms with Gasteiger partial charge in [0.15, 0.2) is 0 Å². The Kier molecular flexibility index (Phi) is 5.54. The van der Waals surface area contributed by atoms with E-state index in [9.17, 15) is 13.2 Å². The zero-order chi connectivity index (χ0) is 19.7. The molecule has 7 heteroatoms. The number of rotatable bonds is 4. The molecule has 2 aromatic carbocycles. The molecule has 2 aromatic rings. The summed E-state index contributed by atoms with van der Waals surface area (Å²) in [6.45, 7) is 5.93. The average molecular weight is 378 g/mol. The Bertz CT molecular complexity index is 778. The van der Waals surface area contributed by atoms with Crippen molar-refractivity contribution in [2.45, 2.75) is 51.7 Å². The zero-order valence-corrected chi connectivity index (χ0v) is 15.5. The van der Waals surface area contributed by atoms with Gasteiger partial charge in [-0.15, -0.1) is 0 Å². The van der Waals surface area contributed by atoms with E-state index >= 15 is 0 Å². The number of ether oxygens (including phenoxy) is 1. The Morgan fingerprint density at radius 3 is 2.48 bits per heavy atom. The molecule has 1 fully saturated rings. The summed E-state index contributed by atoms with van der Waals surface area (Å²) in [6, 6.07) is 12.8. The molecule has 1 atom stereocenters. The van der Waals surface area contributed by atoms with E-state index in [1.54, 1.807) is 0 Å². The summed E-state index contributed by atoms with van der Waals surface area (Å²) in [5, 5.41) is 0. The topological polar surface area (TPSA) is 27.7 Å². The van der Waals surface area contributed by atoms with Crippen molar-refractivity contribution in [1.82, 2.24) is 0 Å². The van der Waals surface area contributed by atoms with E-state index < -0.39 is 24.5 Å². The van der Waals surface area contributed by atoms with Crippen LogP contribution in [0.5, 0.6) is 5.75 Å². The highest BCUT2D eigenvalue weighted by atomic mass is 19.4. The molecule has 0 aliphatic carbocycles. The van der Waals surface area contributed by atoms with Crippen LogP contribution in [0.2, 0.25) is 0 Å². The van der Waals surface area contributed by atoms with Gasteiger partial charge in [0.2, 0.25) is 0 Å². The van der Waals surface area contributed by atoms with Gasteiger partial charge in [-0.3, -0.25) is 0 Å². The van der Waals surface area contributed by atoms with Crippen molar-refractivity contribution in [1.29, 1.82) is 0 Å². The second kappa shape index (κ2) is 7.56. The molecule has 0 radical (unpaired) electrons. The molecule has 1 saturated heterocycles. The van der Waals surface area contributed by atoms with Crippen molar-refractivity contribution in [3.05, 3.63) is 59.7 Å². The number of halogens is 3. The third kappa shape index (κ3) is 5.05. The van der Waals surface area contributed by atoms with Gasteiger partial charge in [0, 0.05) is 11.6 Å². The first-order valence-electron chi connectivity index (χ1n) is 8.85. The van der Waals surface area contributed by atoms with Gasteiger partial charge in [-0.2, -0.15) is 13.2 Å². The Labute approximate surface area is 157 Å². The van der Waals surface area contributed by atoms with Crippen LogP contribution in [-0.2, 0) is 22.1 Å². The van der Waals surface area contributed by atoms with Crippen molar-refractivity contribution in [2.24, 2.45) is 0 Å². The molecule has 0 amide bonds. The minimum absolute atomic E-state index is 0.143. The lowest BCUT2D eigenvalue weighted by atomic mass is 9.73. The Morgan fingerprint density at radius 2 is 1.85 bits per heavy atom. The Hall–Kier alpha value is -1.99. The van der Waals surface area contributed by atoms with Crippen molar-refractivity contribution in [2.75, 3.05) is 0 Å². The molecule has 0 saturated carbocycles. The normalized spacial score (nSPS) is 19.8. The SMILES string of the molecule is C[C@H]1CC(C)(C)OB(c2cc(C(F)(F)F)ccc2OCc2ccccc2)O1. The summed E-state index contributed by atoms with van der Waals surface area (Å²) < 4.78 is 57.2. The van der Waals surface area contributed by atoms with Crippen LogP contribution in [0.15, 0.2) is 48.5 Å². The molecule has 0 bridgehead atoms. The zero-order valence-electron chi connectivity index (χ0n) is 15.5. The maximum Gasteiger partial charge on any atom is 0.498 e. The first-order valence-corrected chi connectivity index (χ1v) is 8.85. The van der Waals surface area contributed by atoms with Crippen LogP contribution in [0.3, 0.4) is 0 Å². The second-order valence-corrected chi connectivity index (χ2v) is 7.38. The van der Waals surface area contributed by atoms with Crippen LogP contribution in [-0.4, -0.2) is 18.8 Å². The highest BCUT2D eigenvalue weighted by molar-refractivity contribution is 6.62. The summed E-state index contributed by atoms with van der Waals surface area (Å²) in [5.41, 5.74) is -0.0940. The standard InChI is InChI=1S/C20H22BF3O3/c1-14-12-19(2,3)27-21(26-14)17-11-16(20(22,23)24)9-10-18(17)25-13-15-7-5-4-6-8-15/h4-11,14H,12-13H2,1-3H3/t14-/m0/s1. The van der Waals surface area contributed by atoms with Crippen LogP contribution < -0.4 is 10.2 Å². The molecule has 0 aromatic heterocycles. The van der Waals surface area contributed by atoms with Crippen LogP contribution >= 0.6 is 0 Å². The number of hydrogen-bond acceptors (Lipinski definition) is 3. The van der Waals surface area contributed by atoms with Gasteiger partial charge in [-0.05, 0) is 51.0 Å². The quantitative estimate of drug-likeness (QED) is 0.729. The monoisotopic (exact) mass is 378 g/mol. The van der Waals surface area contributed by atoms with E-state index in [-0.39, 0.29) is 18.2 Å². The van der Waals surface area contributed by atoms with Gasteiger partial charge in [0.25, 0.3) is 0 Å². The summed E-state index contributed by atoms with van der Waals surface area (Å²) in [5.74, 6) is 0.321. The summed E-state index contributed by atoms with van der Waals surface area (Å²) in [6.07, 6.45) is -3.94. The lowest BCUT2D eigenvalue weighted by Gasteiger charge is -2.38. The summed E-state index contributed by atoms with van der Waals surface area (Å²) in [4.78, 5) is 0. The van der Waals surface area contributed by atoms with E-state index in [2.05, 4.69) is 0 Å². The van der Waals surface area contributed by atoms with E-state index in [1.807, 2.05) is 51.1 Å². The first kappa shape index (κ1) is 19.8. The van der Waals surface area contributed by atoms with Crippen LogP contribution in [0.1, 0.15) is 38.3 Å². The van der Waals surface area contributed by atoms with Crippen LogP contribution in [0.4, 0.5) is 13.2 Å². The van der Waals surface area contributed by atoms with Gasteiger partial charge in [0.05, 0.1) is 11.2 Å². The smallest absolute Gasteiger partial charge is 0.489 e. The number of alkyl halides is 3. The van der Waals surface area contributed by atoms with Gasteiger partial charge in [-0.1, -0.05) is 30.3 Å². The van der Waals surface area contributed by atoms with Crippen molar-refractivity contribution in [3.63, 3.8) is 0 Å². The predicted octanol–water partition coefficient (Wildman–Crippen LogP) is 4.58. The van der Waals surface area contributed by atoms with Gasteiger partial charge < -0.3 is 14.0 Å². The Balaban J connectivity index is 1.92. The predicted molar refractivity (Wildman–Crippen MR) is 97.9 cm³/mol. The van der Waals surface area contributed by atoms with Crippen molar-refractivity contribution in [3.8, 4) is 5.75 Å². The molecule has 27 heavy (non-hydrogen) atoms. The minimum atomic E-state index is -4.46. The molecule has 3 rings (SSSR count). The van der Waals surface area contributed by atoms with Gasteiger partial charge >= 0.3 is 13.3 Å². The molecule has 144 valence electrons. The maximum atomic E-state index is 13.2. The first-order chi connectivity index (χ1) is 12.6. The number of hydrogen-bond donors (Lipinski definition) is 0. The molecule has 0 unspecified atom stereocenters. The fourth-order valence-electron chi connectivity index (χ4n) is 3.23. The minimum Gasteiger partial charge on any atom is -0.489 e. The second-order valence-electron chi connectivity index (χ2n) is 7.38. The van der Waals surface area contributed by atoms with E-state index in [0.29, 0.717) is 12.2 Å². The lowest BCUT2D eigenvalue weighted by molar-refractivity contribution is -0.137. The van der Waals surface area contributed by atoms with Gasteiger partial charge in [0.1, 0.15) is 12.4 Å².